The molecular weight excluding hydrogens is 248 g/mol. The van der Waals surface area contributed by atoms with Crippen LogP contribution in [0.2, 0.25) is 0 Å². The van der Waals surface area contributed by atoms with Crippen molar-refractivity contribution >= 4 is 34.8 Å². The highest BCUT2D eigenvalue weighted by molar-refractivity contribution is 7.80. The highest BCUT2D eigenvalue weighted by Gasteiger charge is 2.05. The molecule has 0 aromatic heterocycles. The summed E-state index contributed by atoms with van der Waals surface area (Å²) < 4.78 is 0. The van der Waals surface area contributed by atoms with Crippen LogP contribution < -0.4 is 11.1 Å². The number of hydrogen-bond donors (Lipinski definition) is 5. The van der Waals surface area contributed by atoms with Gasteiger partial charge in [-0.15, -0.1) is 0 Å². The van der Waals surface area contributed by atoms with Crippen LogP contribution in [0.15, 0.2) is 30.3 Å². The van der Waals surface area contributed by atoms with Gasteiger partial charge in [-0.1, -0.05) is 30.3 Å². The van der Waals surface area contributed by atoms with Gasteiger partial charge in [-0.05, 0) is 24.4 Å². The Morgan fingerprint density at radius 1 is 1.19 bits per heavy atom. The van der Waals surface area contributed by atoms with E-state index in [0.29, 0.717) is 5.56 Å². The van der Waals surface area contributed by atoms with Crippen LogP contribution in [-0.4, -0.2) is 25.7 Å². The molecule has 5 nitrogen and oxygen atoms in total. The Labute approximate surface area is 104 Å². The number of hydrogen-bond acceptors (Lipinski definition) is 3. The van der Waals surface area contributed by atoms with E-state index in [0.717, 1.165) is 0 Å². The molecule has 16 heavy (non-hydrogen) atoms. The van der Waals surface area contributed by atoms with E-state index in [1.54, 1.807) is 24.3 Å². The molecule has 0 spiro atoms. The molecule has 0 aliphatic rings. The van der Waals surface area contributed by atoms with Gasteiger partial charge in [0.2, 0.25) is 0 Å². The normalized spacial score (nSPS) is 10.6. The lowest BCUT2D eigenvalue weighted by molar-refractivity contribution is 0.157. The molecule has 1 aromatic rings. The topological polar surface area (TPSA) is 98.7 Å². The van der Waals surface area contributed by atoms with E-state index < -0.39 is 16.6 Å². The molecule has 0 fully saturated rings. The molecule has 0 saturated carbocycles. The predicted octanol–water partition coefficient (Wildman–Crippen LogP) is 0.898. The van der Waals surface area contributed by atoms with Crippen LogP contribution in [0.4, 0.5) is 0 Å². The van der Waals surface area contributed by atoms with Crippen molar-refractivity contribution in [2.24, 2.45) is 5.73 Å². The minimum Gasteiger partial charge on any atom is -0.487 e. The quantitative estimate of drug-likeness (QED) is 0.398. The number of rotatable bonds is 2. The molecule has 1 rings (SSSR count). The third-order valence-corrected chi connectivity index (χ3v) is 1.49. The second kappa shape index (κ2) is 7.80. The number of benzene rings is 1. The van der Waals surface area contributed by atoms with Crippen molar-refractivity contribution in [3.05, 3.63) is 35.9 Å². The average molecular weight is 260 g/mol. The van der Waals surface area contributed by atoms with Crippen LogP contribution in [0.1, 0.15) is 11.8 Å². The summed E-state index contributed by atoms with van der Waals surface area (Å²) in [5.74, 6) is 0. The molecule has 0 radical (unpaired) electrons. The first-order valence-electron chi connectivity index (χ1n) is 4.14. The standard InChI is InChI=1S/C8H9NO2S.CH3NOS/c10-7(9-8(11)12)6-4-2-1-3-5-6;2-1(3)4/h1-5,7,10H,(H2,9,11,12);(H3,2,3,4). The van der Waals surface area contributed by atoms with Crippen LogP contribution in [0.3, 0.4) is 0 Å². The van der Waals surface area contributed by atoms with E-state index in [2.05, 4.69) is 35.5 Å². The van der Waals surface area contributed by atoms with Gasteiger partial charge in [-0.2, -0.15) is 0 Å². The summed E-state index contributed by atoms with van der Waals surface area (Å²) in [6.07, 6.45) is -0.941. The zero-order valence-electron chi connectivity index (χ0n) is 8.20. The third kappa shape index (κ3) is 7.92. The fourth-order valence-electron chi connectivity index (χ4n) is 0.836. The first-order chi connectivity index (χ1) is 7.43. The van der Waals surface area contributed by atoms with Crippen molar-refractivity contribution in [1.82, 2.24) is 5.32 Å². The Bertz CT molecular complexity index is 342. The fourth-order valence-corrected chi connectivity index (χ4v) is 0.947. The molecule has 1 aromatic carbocycles. The van der Waals surface area contributed by atoms with Crippen molar-refractivity contribution in [3.63, 3.8) is 0 Å². The third-order valence-electron chi connectivity index (χ3n) is 1.38. The van der Waals surface area contributed by atoms with Crippen molar-refractivity contribution in [2.75, 3.05) is 0 Å². The van der Waals surface area contributed by atoms with Crippen molar-refractivity contribution in [3.8, 4) is 0 Å². The number of nitrogens with two attached hydrogens (primary N) is 1. The monoisotopic (exact) mass is 260 g/mol. The lowest BCUT2D eigenvalue weighted by atomic mass is 10.2. The smallest absolute Gasteiger partial charge is 0.256 e. The van der Waals surface area contributed by atoms with E-state index in [1.807, 2.05) is 6.07 Å². The van der Waals surface area contributed by atoms with Crippen molar-refractivity contribution in [2.45, 2.75) is 6.23 Å². The minimum absolute atomic E-state index is 0.411. The number of aliphatic hydroxyl groups excluding tert-OH is 3. The van der Waals surface area contributed by atoms with Gasteiger partial charge in [-0.3, -0.25) is 0 Å². The Balaban J connectivity index is 0.000000487. The Hall–Kier alpha value is -1.44. The summed E-state index contributed by atoms with van der Waals surface area (Å²) in [7, 11) is 0. The first-order valence-corrected chi connectivity index (χ1v) is 4.96. The van der Waals surface area contributed by atoms with Gasteiger partial charge in [0.1, 0.15) is 0 Å². The Morgan fingerprint density at radius 3 is 2.00 bits per heavy atom. The van der Waals surface area contributed by atoms with Crippen molar-refractivity contribution in [1.29, 1.82) is 0 Å². The van der Waals surface area contributed by atoms with Crippen LogP contribution in [0.5, 0.6) is 0 Å². The van der Waals surface area contributed by atoms with Crippen LogP contribution >= 0.6 is 24.4 Å². The molecular formula is C9H12N2O3S2. The highest BCUT2D eigenvalue weighted by atomic mass is 32.1. The SMILES string of the molecule is NC(O)=S.OC(=S)NC(O)c1ccccc1. The lowest BCUT2D eigenvalue weighted by Gasteiger charge is -2.10. The van der Waals surface area contributed by atoms with Crippen LogP contribution in [0, 0.1) is 0 Å². The molecule has 0 heterocycles. The maximum absolute atomic E-state index is 9.33. The summed E-state index contributed by atoms with van der Waals surface area (Å²) in [5.41, 5.74) is 5.06. The molecule has 0 aliphatic carbocycles. The molecule has 88 valence electrons. The van der Waals surface area contributed by atoms with Gasteiger partial charge < -0.3 is 26.4 Å². The molecule has 7 heteroatoms. The van der Waals surface area contributed by atoms with E-state index in [-0.39, 0.29) is 0 Å². The molecule has 1 atom stereocenters. The summed E-state index contributed by atoms with van der Waals surface area (Å²) in [4.78, 5) is 0. The number of aliphatic hydroxyl groups is 3. The number of thiocarbonyl (C=S) groups is 2. The molecule has 0 saturated heterocycles. The van der Waals surface area contributed by atoms with E-state index in [4.69, 9.17) is 10.2 Å². The van der Waals surface area contributed by atoms with Gasteiger partial charge in [0, 0.05) is 5.56 Å². The molecule has 0 amide bonds. The van der Waals surface area contributed by atoms with E-state index >= 15 is 0 Å². The molecule has 6 N–H and O–H groups in total. The molecule has 1 unspecified atom stereocenters. The van der Waals surface area contributed by atoms with Gasteiger partial charge in [-0.25, -0.2) is 0 Å². The van der Waals surface area contributed by atoms with Gasteiger partial charge in [0.25, 0.3) is 10.3 Å². The van der Waals surface area contributed by atoms with Gasteiger partial charge >= 0.3 is 0 Å². The summed E-state index contributed by atoms with van der Waals surface area (Å²) in [6.45, 7) is 0. The summed E-state index contributed by atoms with van der Waals surface area (Å²) >= 11 is 8.23. The maximum Gasteiger partial charge on any atom is 0.256 e. The average Bonchev–Trinajstić information content (AvgIpc) is 2.17. The second-order valence-electron chi connectivity index (χ2n) is 2.60. The molecule has 0 aliphatic heterocycles. The Morgan fingerprint density at radius 2 is 1.62 bits per heavy atom. The van der Waals surface area contributed by atoms with E-state index in [9.17, 15) is 5.11 Å². The zero-order chi connectivity index (χ0) is 12.6. The van der Waals surface area contributed by atoms with Crippen molar-refractivity contribution < 1.29 is 15.3 Å². The predicted molar refractivity (Wildman–Crippen MR) is 69.2 cm³/mol. The first kappa shape index (κ1) is 14.6. The summed E-state index contributed by atoms with van der Waals surface area (Å²) in [5, 5.41) is 26.9. The largest absolute Gasteiger partial charge is 0.487 e. The van der Waals surface area contributed by atoms with Crippen LogP contribution in [0.25, 0.3) is 0 Å². The van der Waals surface area contributed by atoms with Gasteiger partial charge in [0.15, 0.2) is 6.23 Å². The maximum atomic E-state index is 9.33. The lowest BCUT2D eigenvalue weighted by Crippen LogP contribution is -2.25. The fraction of sp³-hybridized carbons (Fsp3) is 0.111. The van der Waals surface area contributed by atoms with E-state index in [1.165, 1.54) is 0 Å². The summed E-state index contributed by atoms with van der Waals surface area (Å²) in [6, 6.07) is 8.89. The van der Waals surface area contributed by atoms with Crippen LogP contribution in [-0.2, 0) is 0 Å². The zero-order valence-corrected chi connectivity index (χ0v) is 9.83. The number of nitrogens with one attached hydrogen (secondary N) is 1. The minimum atomic E-state index is -0.941. The molecule has 0 bridgehead atoms. The highest BCUT2D eigenvalue weighted by Crippen LogP contribution is 2.07. The Kier molecular flexibility index (Phi) is 7.10. The van der Waals surface area contributed by atoms with Gasteiger partial charge in [0.05, 0.1) is 0 Å². The second-order valence-corrected chi connectivity index (χ2v) is 3.41.